The van der Waals surface area contributed by atoms with E-state index in [4.69, 9.17) is 0 Å². The lowest BCUT2D eigenvalue weighted by molar-refractivity contribution is -0.384. The third-order valence-corrected chi connectivity index (χ3v) is 2.43. The highest BCUT2D eigenvalue weighted by atomic mass is 16.6. The highest BCUT2D eigenvalue weighted by Crippen LogP contribution is 2.25. The molecule has 1 amide bonds. The molecule has 98 valence electrons. The maximum Gasteiger partial charge on any atom is 0.293 e. The molecule has 0 aliphatic heterocycles. The van der Waals surface area contributed by atoms with Crippen LogP contribution in [-0.2, 0) is 7.05 Å². The number of carbonyl (C=O) groups is 1. The van der Waals surface area contributed by atoms with Crippen molar-refractivity contribution in [2.45, 2.75) is 6.92 Å². The van der Waals surface area contributed by atoms with E-state index in [2.05, 4.69) is 15.6 Å². The highest BCUT2D eigenvalue weighted by molar-refractivity contribution is 6.03. The monoisotopic (exact) mass is 261 g/mol. The summed E-state index contributed by atoms with van der Waals surface area (Å²) in [5.41, 5.74) is 0.810. The third-order valence-electron chi connectivity index (χ3n) is 2.43. The quantitative estimate of drug-likeness (QED) is 0.662. The van der Waals surface area contributed by atoms with Gasteiger partial charge in [-0.25, -0.2) is 0 Å². The molecule has 0 saturated carbocycles. The Morgan fingerprint density at radius 2 is 2.21 bits per heavy atom. The van der Waals surface area contributed by atoms with E-state index in [9.17, 15) is 14.9 Å². The summed E-state index contributed by atoms with van der Waals surface area (Å²) in [5, 5.41) is 20.6. The van der Waals surface area contributed by atoms with Crippen molar-refractivity contribution in [3.63, 3.8) is 0 Å². The first-order valence-electron chi connectivity index (χ1n) is 5.40. The number of hydrogen-bond acceptors (Lipinski definition) is 5. The fourth-order valence-electron chi connectivity index (χ4n) is 1.54. The summed E-state index contributed by atoms with van der Waals surface area (Å²) >= 11 is 0. The van der Waals surface area contributed by atoms with Crippen molar-refractivity contribution in [1.82, 2.24) is 15.0 Å². The Labute approximate surface area is 108 Å². The lowest BCUT2D eigenvalue weighted by Gasteiger charge is -2.04. The topological polar surface area (TPSA) is 103 Å². The summed E-state index contributed by atoms with van der Waals surface area (Å²) in [6.45, 7) is 1.74. The van der Waals surface area contributed by atoms with E-state index < -0.39 is 10.8 Å². The van der Waals surface area contributed by atoms with E-state index in [-0.39, 0.29) is 17.1 Å². The molecule has 0 unspecified atom stereocenters. The molecule has 0 saturated heterocycles. The van der Waals surface area contributed by atoms with Crippen LogP contribution in [0.5, 0.6) is 0 Å². The van der Waals surface area contributed by atoms with E-state index >= 15 is 0 Å². The molecule has 0 atom stereocenters. The number of carbonyl (C=O) groups excluding carboxylic acids is 1. The fraction of sp³-hybridized carbons (Fsp3) is 0.182. The van der Waals surface area contributed by atoms with Crippen LogP contribution < -0.4 is 5.32 Å². The third kappa shape index (κ3) is 2.73. The Balaban J connectivity index is 2.28. The van der Waals surface area contributed by atoms with Crippen LogP contribution in [0, 0.1) is 17.0 Å². The molecule has 8 heteroatoms. The SMILES string of the molecule is Cc1ccc(NC(=O)c2cn(C)nn2)c([N+](=O)[O-])c1. The zero-order valence-electron chi connectivity index (χ0n) is 10.3. The largest absolute Gasteiger partial charge is 0.315 e. The second kappa shape index (κ2) is 4.84. The summed E-state index contributed by atoms with van der Waals surface area (Å²) in [6, 6.07) is 4.56. The standard InChI is InChI=1S/C11H11N5O3/c1-7-3-4-8(10(5-7)16(18)19)12-11(17)9-6-15(2)14-13-9/h3-6H,1-2H3,(H,12,17). The molecule has 1 heterocycles. The van der Waals surface area contributed by atoms with Crippen molar-refractivity contribution in [2.24, 2.45) is 7.05 Å². The number of aryl methyl sites for hydroxylation is 2. The maximum absolute atomic E-state index is 11.8. The van der Waals surface area contributed by atoms with Crippen LogP contribution in [-0.4, -0.2) is 25.8 Å². The van der Waals surface area contributed by atoms with E-state index in [1.807, 2.05) is 0 Å². The number of nitro groups is 1. The van der Waals surface area contributed by atoms with Gasteiger partial charge in [-0.3, -0.25) is 19.6 Å². The van der Waals surface area contributed by atoms with E-state index in [1.54, 1.807) is 20.0 Å². The van der Waals surface area contributed by atoms with Gasteiger partial charge in [-0.1, -0.05) is 11.3 Å². The predicted molar refractivity (Wildman–Crippen MR) is 66.8 cm³/mol. The minimum atomic E-state index is -0.542. The number of rotatable bonds is 3. The van der Waals surface area contributed by atoms with E-state index in [0.717, 1.165) is 5.56 Å². The van der Waals surface area contributed by atoms with Gasteiger partial charge in [0.1, 0.15) is 5.69 Å². The molecular formula is C11H11N5O3. The van der Waals surface area contributed by atoms with Gasteiger partial charge >= 0.3 is 0 Å². The number of nitro benzene ring substituents is 1. The van der Waals surface area contributed by atoms with Crippen molar-refractivity contribution in [3.8, 4) is 0 Å². The van der Waals surface area contributed by atoms with Crippen LogP contribution in [0.3, 0.4) is 0 Å². The molecule has 0 spiro atoms. The number of nitrogens with one attached hydrogen (secondary N) is 1. The van der Waals surface area contributed by atoms with Gasteiger partial charge < -0.3 is 5.32 Å². The number of hydrogen-bond donors (Lipinski definition) is 1. The zero-order valence-corrected chi connectivity index (χ0v) is 10.3. The lowest BCUT2D eigenvalue weighted by Crippen LogP contribution is -2.13. The summed E-state index contributed by atoms with van der Waals surface area (Å²) < 4.78 is 1.37. The lowest BCUT2D eigenvalue weighted by atomic mass is 10.2. The Kier molecular flexibility index (Phi) is 3.23. The smallest absolute Gasteiger partial charge is 0.293 e. The van der Waals surface area contributed by atoms with Crippen molar-refractivity contribution in [1.29, 1.82) is 0 Å². The summed E-state index contributed by atoms with van der Waals surface area (Å²) in [6.07, 6.45) is 1.43. The molecule has 0 radical (unpaired) electrons. The van der Waals surface area contributed by atoms with Crippen molar-refractivity contribution in [2.75, 3.05) is 5.32 Å². The summed E-state index contributed by atoms with van der Waals surface area (Å²) in [7, 11) is 1.62. The Bertz CT molecular complexity index is 650. The van der Waals surface area contributed by atoms with Crippen molar-refractivity contribution >= 4 is 17.3 Å². The van der Waals surface area contributed by atoms with E-state index in [0.29, 0.717) is 0 Å². The van der Waals surface area contributed by atoms with Crippen LogP contribution in [0.1, 0.15) is 16.1 Å². The van der Waals surface area contributed by atoms with Gasteiger partial charge in [0, 0.05) is 13.1 Å². The first-order chi connectivity index (χ1) is 8.97. The molecule has 0 fully saturated rings. The second-order valence-electron chi connectivity index (χ2n) is 4.01. The molecule has 1 aromatic carbocycles. The molecule has 1 N–H and O–H groups in total. The minimum absolute atomic E-state index is 0.0948. The van der Waals surface area contributed by atoms with Crippen LogP contribution in [0.25, 0.3) is 0 Å². The van der Waals surface area contributed by atoms with Gasteiger partial charge in [-0.15, -0.1) is 5.10 Å². The number of benzene rings is 1. The van der Waals surface area contributed by atoms with Gasteiger partial charge in [0.25, 0.3) is 11.6 Å². The van der Waals surface area contributed by atoms with Gasteiger partial charge in [-0.2, -0.15) is 0 Å². The molecule has 19 heavy (non-hydrogen) atoms. The number of anilines is 1. The van der Waals surface area contributed by atoms with Gasteiger partial charge in [0.2, 0.25) is 0 Å². The van der Waals surface area contributed by atoms with Crippen LogP contribution in [0.4, 0.5) is 11.4 Å². The van der Waals surface area contributed by atoms with Crippen molar-refractivity contribution < 1.29 is 9.72 Å². The van der Waals surface area contributed by atoms with E-state index in [1.165, 1.54) is 23.0 Å². The highest BCUT2D eigenvalue weighted by Gasteiger charge is 2.18. The molecule has 0 bridgehead atoms. The molecule has 0 aliphatic rings. The molecule has 2 aromatic rings. The summed E-state index contributed by atoms with van der Waals surface area (Å²) in [5.74, 6) is -0.542. The fourth-order valence-corrected chi connectivity index (χ4v) is 1.54. The molecule has 1 aromatic heterocycles. The maximum atomic E-state index is 11.8. The minimum Gasteiger partial charge on any atom is -0.315 e. The number of nitrogens with zero attached hydrogens (tertiary/aromatic N) is 4. The molecule has 2 rings (SSSR count). The van der Waals surface area contributed by atoms with Crippen molar-refractivity contribution in [3.05, 3.63) is 45.8 Å². The Morgan fingerprint density at radius 1 is 1.47 bits per heavy atom. The first-order valence-corrected chi connectivity index (χ1v) is 5.40. The zero-order chi connectivity index (χ0) is 14.0. The van der Waals surface area contributed by atoms with Gasteiger partial charge in [0.05, 0.1) is 11.1 Å². The average molecular weight is 261 g/mol. The molecular weight excluding hydrogens is 250 g/mol. The van der Waals surface area contributed by atoms with Gasteiger partial charge in [0.15, 0.2) is 5.69 Å². The van der Waals surface area contributed by atoms with Crippen LogP contribution >= 0.6 is 0 Å². The first kappa shape index (κ1) is 12.7. The summed E-state index contributed by atoms with van der Waals surface area (Å²) in [4.78, 5) is 22.2. The second-order valence-corrected chi connectivity index (χ2v) is 4.01. The normalized spacial score (nSPS) is 10.2. The molecule has 8 nitrogen and oxygen atoms in total. The Hall–Kier alpha value is -2.77. The van der Waals surface area contributed by atoms with Crippen LogP contribution in [0.2, 0.25) is 0 Å². The number of amides is 1. The van der Waals surface area contributed by atoms with Crippen LogP contribution in [0.15, 0.2) is 24.4 Å². The molecule has 0 aliphatic carbocycles. The van der Waals surface area contributed by atoms with Gasteiger partial charge in [-0.05, 0) is 18.6 Å². The average Bonchev–Trinajstić information content (AvgIpc) is 2.78. The Morgan fingerprint density at radius 3 is 2.79 bits per heavy atom. The predicted octanol–water partition coefficient (Wildman–Crippen LogP) is 1.28. The number of aromatic nitrogens is 3.